The van der Waals surface area contributed by atoms with Gasteiger partial charge in [0, 0.05) is 12.1 Å². The van der Waals surface area contributed by atoms with Gasteiger partial charge in [0.15, 0.2) is 6.29 Å². The second kappa shape index (κ2) is 6.26. The lowest BCUT2D eigenvalue weighted by molar-refractivity contribution is -0.0380. The van der Waals surface area contributed by atoms with Crippen LogP contribution in [0.15, 0.2) is 42.5 Å². The fraction of sp³-hybridized carbons (Fsp3) is 0.143. The van der Waals surface area contributed by atoms with Crippen LogP contribution in [0.3, 0.4) is 0 Å². The lowest BCUT2D eigenvalue weighted by Gasteiger charge is -2.14. The highest BCUT2D eigenvalue weighted by Crippen LogP contribution is 2.33. The molecule has 0 spiro atoms. The molecule has 0 aromatic heterocycles. The molecule has 3 nitrogen and oxygen atoms in total. The predicted molar refractivity (Wildman–Crippen MR) is 78.1 cm³/mol. The average molecular weight is 298 g/mol. The summed E-state index contributed by atoms with van der Waals surface area (Å²) in [7, 11) is 0. The number of hydrogen-bond acceptors (Lipinski definition) is 3. The van der Waals surface area contributed by atoms with Gasteiger partial charge in [-0.05, 0) is 23.8 Å². The van der Waals surface area contributed by atoms with E-state index in [0.717, 1.165) is 11.3 Å². The van der Waals surface area contributed by atoms with E-state index in [1.807, 2.05) is 24.3 Å². The third-order valence-electron chi connectivity index (χ3n) is 2.64. The van der Waals surface area contributed by atoms with Crippen molar-refractivity contribution in [1.29, 1.82) is 0 Å². The van der Waals surface area contributed by atoms with Crippen LogP contribution < -0.4 is 5.32 Å². The molecule has 3 N–H and O–H groups in total. The summed E-state index contributed by atoms with van der Waals surface area (Å²) in [6, 6.07) is 12.6. The van der Waals surface area contributed by atoms with E-state index in [-0.39, 0.29) is 6.42 Å². The van der Waals surface area contributed by atoms with E-state index < -0.39 is 6.29 Å². The molecule has 0 fully saturated rings. The van der Waals surface area contributed by atoms with Crippen molar-refractivity contribution in [3.05, 3.63) is 58.1 Å². The van der Waals surface area contributed by atoms with Crippen molar-refractivity contribution in [2.24, 2.45) is 0 Å². The number of halogens is 2. The van der Waals surface area contributed by atoms with E-state index in [1.54, 1.807) is 18.2 Å². The fourth-order valence-electron chi connectivity index (χ4n) is 1.77. The van der Waals surface area contributed by atoms with E-state index >= 15 is 0 Å². The van der Waals surface area contributed by atoms with Crippen LogP contribution in [0.25, 0.3) is 0 Å². The van der Waals surface area contributed by atoms with Crippen molar-refractivity contribution in [1.82, 2.24) is 0 Å². The van der Waals surface area contributed by atoms with Crippen LogP contribution in [0.4, 0.5) is 11.4 Å². The number of rotatable bonds is 4. The van der Waals surface area contributed by atoms with Gasteiger partial charge in [-0.2, -0.15) is 0 Å². The minimum Gasteiger partial charge on any atom is -0.368 e. The Kier molecular flexibility index (Phi) is 4.66. The molecule has 100 valence electrons. The van der Waals surface area contributed by atoms with Crippen LogP contribution in [-0.2, 0) is 6.42 Å². The van der Waals surface area contributed by atoms with Crippen LogP contribution in [-0.4, -0.2) is 16.5 Å². The van der Waals surface area contributed by atoms with E-state index in [9.17, 15) is 0 Å². The Hall–Kier alpha value is -1.26. The number of benzene rings is 2. The standard InChI is InChI=1S/C14H13Cl2NO2/c15-10-5-3-6-11(16)14(10)17-12-7-2-1-4-9(12)8-13(18)19/h1-7,13,17-19H,8H2. The highest BCUT2D eigenvalue weighted by atomic mass is 35.5. The Balaban J connectivity index is 2.33. The first kappa shape index (κ1) is 14.2. The number of para-hydroxylation sites is 2. The molecule has 0 heterocycles. The smallest absolute Gasteiger partial charge is 0.155 e. The minimum absolute atomic E-state index is 0.130. The Morgan fingerprint density at radius 2 is 1.58 bits per heavy atom. The SMILES string of the molecule is OC(O)Cc1ccccc1Nc1c(Cl)cccc1Cl. The first-order valence-corrected chi connectivity index (χ1v) is 6.48. The quantitative estimate of drug-likeness (QED) is 0.756. The minimum atomic E-state index is -1.40. The largest absolute Gasteiger partial charge is 0.368 e. The van der Waals surface area contributed by atoms with Gasteiger partial charge in [-0.3, -0.25) is 0 Å². The third-order valence-corrected chi connectivity index (χ3v) is 3.27. The molecule has 0 aliphatic rings. The van der Waals surface area contributed by atoms with Crippen molar-refractivity contribution >= 4 is 34.6 Å². The molecule has 0 aliphatic heterocycles. The molecule has 5 heteroatoms. The van der Waals surface area contributed by atoms with E-state index in [2.05, 4.69) is 5.32 Å². The molecule has 19 heavy (non-hydrogen) atoms. The monoisotopic (exact) mass is 297 g/mol. The molecule has 0 saturated heterocycles. The van der Waals surface area contributed by atoms with Crippen LogP contribution >= 0.6 is 23.2 Å². The van der Waals surface area contributed by atoms with Crippen LogP contribution in [0.5, 0.6) is 0 Å². The molecule has 2 rings (SSSR count). The highest BCUT2D eigenvalue weighted by Gasteiger charge is 2.10. The summed E-state index contributed by atoms with van der Waals surface area (Å²) in [6.45, 7) is 0. The van der Waals surface area contributed by atoms with Crippen LogP contribution in [0.2, 0.25) is 10.0 Å². The molecule has 0 atom stereocenters. The average Bonchev–Trinajstić information content (AvgIpc) is 2.35. The zero-order valence-corrected chi connectivity index (χ0v) is 11.5. The van der Waals surface area contributed by atoms with Gasteiger partial charge in [-0.1, -0.05) is 47.5 Å². The van der Waals surface area contributed by atoms with Crippen molar-refractivity contribution in [3.8, 4) is 0 Å². The first-order chi connectivity index (χ1) is 9.08. The topological polar surface area (TPSA) is 52.5 Å². The second-order valence-corrected chi connectivity index (χ2v) is 4.88. The first-order valence-electron chi connectivity index (χ1n) is 5.73. The predicted octanol–water partition coefficient (Wildman–Crippen LogP) is 3.59. The Morgan fingerprint density at radius 3 is 2.21 bits per heavy atom. The number of nitrogens with one attached hydrogen (secondary N) is 1. The van der Waals surface area contributed by atoms with Gasteiger partial charge in [0.1, 0.15) is 0 Å². The number of anilines is 2. The van der Waals surface area contributed by atoms with Gasteiger partial charge in [0.2, 0.25) is 0 Å². The van der Waals surface area contributed by atoms with Crippen LogP contribution in [0, 0.1) is 0 Å². The molecule has 0 amide bonds. The van der Waals surface area contributed by atoms with E-state index in [4.69, 9.17) is 33.4 Å². The van der Waals surface area contributed by atoms with Crippen molar-refractivity contribution in [3.63, 3.8) is 0 Å². The molecule has 2 aromatic carbocycles. The summed E-state index contributed by atoms with van der Waals surface area (Å²) in [6.07, 6.45) is -1.27. The fourth-order valence-corrected chi connectivity index (χ4v) is 2.26. The van der Waals surface area contributed by atoms with Gasteiger partial charge < -0.3 is 15.5 Å². The zero-order valence-electron chi connectivity index (χ0n) is 9.98. The maximum Gasteiger partial charge on any atom is 0.155 e. The molecule has 0 aliphatic carbocycles. The van der Waals surface area contributed by atoms with Gasteiger partial charge in [0.05, 0.1) is 15.7 Å². The number of aliphatic hydroxyl groups is 2. The van der Waals surface area contributed by atoms with Crippen molar-refractivity contribution in [2.75, 3.05) is 5.32 Å². The number of hydrogen-bond donors (Lipinski definition) is 3. The molecular weight excluding hydrogens is 285 g/mol. The normalized spacial score (nSPS) is 10.8. The molecular formula is C14H13Cl2NO2. The summed E-state index contributed by atoms with van der Waals surface area (Å²) >= 11 is 12.2. The summed E-state index contributed by atoms with van der Waals surface area (Å²) in [5, 5.41) is 22.3. The lowest BCUT2D eigenvalue weighted by Crippen LogP contribution is -2.10. The van der Waals surface area contributed by atoms with E-state index in [1.165, 1.54) is 0 Å². The molecule has 0 saturated carbocycles. The molecule has 2 aromatic rings. The maximum absolute atomic E-state index is 9.08. The van der Waals surface area contributed by atoms with Gasteiger partial charge in [-0.15, -0.1) is 0 Å². The second-order valence-electron chi connectivity index (χ2n) is 4.06. The number of aliphatic hydroxyl groups excluding tert-OH is 1. The van der Waals surface area contributed by atoms with Gasteiger partial charge in [0.25, 0.3) is 0 Å². The Morgan fingerprint density at radius 1 is 0.947 bits per heavy atom. The lowest BCUT2D eigenvalue weighted by atomic mass is 10.1. The maximum atomic E-state index is 9.08. The summed E-state index contributed by atoms with van der Waals surface area (Å²) < 4.78 is 0. The Bertz CT molecular complexity index is 553. The van der Waals surface area contributed by atoms with Gasteiger partial charge >= 0.3 is 0 Å². The van der Waals surface area contributed by atoms with E-state index in [0.29, 0.717) is 15.7 Å². The molecule has 0 bridgehead atoms. The highest BCUT2D eigenvalue weighted by molar-refractivity contribution is 6.39. The Labute approximate surface area is 121 Å². The molecule has 0 unspecified atom stereocenters. The van der Waals surface area contributed by atoms with Crippen molar-refractivity contribution in [2.45, 2.75) is 12.7 Å². The third kappa shape index (κ3) is 3.61. The summed E-state index contributed by atoms with van der Waals surface area (Å²) in [5.74, 6) is 0. The summed E-state index contributed by atoms with van der Waals surface area (Å²) in [4.78, 5) is 0. The van der Waals surface area contributed by atoms with Crippen molar-refractivity contribution < 1.29 is 10.2 Å². The van der Waals surface area contributed by atoms with Gasteiger partial charge in [-0.25, -0.2) is 0 Å². The summed E-state index contributed by atoms with van der Waals surface area (Å²) in [5.41, 5.74) is 2.12. The van der Waals surface area contributed by atoms with Crippen LogP contribution in [0.1, 0.15) is 5.56 Å². The zero-order chi connectivity index (χ0) is 13.8. The molecule has 0 radical (unpaired) electrons.